The van der Waals surface area contributed by atoms with Crippen molar-refractivity contribution in [2.24, 2.45) is 0 Å². The number of H-pyrrole nitrogens is 2. The van der Waals surface area contributed by atoms with Gasteiger partial charge in [-0.1, -0.05) is 42.5 Å². The van der Waals surface area contributed by atoms with E-state index in [-0.39, 0.29) is 10.3 Å². The lowest BCUT2D eigenvalue weighted by Crippen LogP contribution is -2.27. The van der Waals surface area contributed by atoms with Gasteiger partial charge in [-0.05, 0) is 35.5 Å². The van der Waals surface area contributed by atoms with Crippen LogP contribution in [0.3, 0.4) is 0 Å². The number of hydrogen-bond donors (Lipinski definition) is 3. The van der Waals surface area contributed by atoms with Gasteiger partial charge in [0.25, 0.3) is 5.56 Å². The normalized spacial score (nSPS) is 15.4. The zero-order chi connectivity index (χ0) is 19.7. The zero-order valence-electron chi connectivity index (χ0n) is 14.9. The molecule has 3 aromatic rings. The minimum absolute atomic E-state index is 0.220. The zero-order valence-corrected chi connectivity index (χ0v) is 15.8. The Balaban J connectivity index is 2.01. The Hall–Kier alpha value is -3.63. The number of nitrogens with one attached hydrogen (secondary N) is 3. The standard InChI is InChI=1S/C21H16N4O2S/c1-27-14-9-7-12(8-10-14)16-15(11-22)18(13-5-3-2-4-6-13)23-19-17(16)20(26)25-21(28)24-19/h2-10,16H,1H3,(H3,23,24,25,26,28). The van der Waals surface area contributed by atoms with Crippen molar-refractivity contribution in [1.82, 2.24) is 9.97 Å². The van der Waals surface area contributed by atoms with Crippen LogP contribution in [0.1, 0.15) is 22.6 Å². The quantitative estimate of drug-likeness (QED) is 0.591. The van der Waals surface area contributed by atoms with Crippen LogP contribution in [0.15, 0.2) is 65.0 Å². The van der Waals surface area contributed by atoms with E-state index >= 15 is 0 Å². The summed E-state index contributed by atoms with van der Waals surface area (Å²) in [5, 5.41) is 13.2. The first-order chi connectivity index (χ1) is 13.6. The summed E-state index contributed by atoms with van der Waals surface area (Å²) in [7, 11) is 1.59. The predicted molar refractivity (Wildman–Crippen MR) is 110 cm³/mol. The number of allylic oxidation sites excluding steroid dienone is 1. The smallest absolute Gasteiger partial charge is 0.258 e. The molecule has 0 spiro atoms. The maximum Gasteiger partial charge on any atom is 0.258 e. The van der Waals surface area contributed by atoms with E-state index in [1.54, 1.807) is 7.11 Å². The van der Waals surface area contributed by atoms with E-state index < -0.39 is 5.92 Å². The van der Waals surface area contributed by atoms with Crippen LogP contribution in [0.25, 0.3) is 5.70 Å². The Bertz CT molecular complexity index is 1220. The third-order valence-electron chi connectivity index (χ3n) is 4.71. The molecule has 6 nitrogen and oxygen atoms in total. The first-order valence-corrected chi connectivity index (χ1v) is 9.00. The highest BCUT2D eigenvalue weighted by Gasteiger charge is 2.33. The van der Waals surface area contributed by atoms with Crippen LogP contribution in [0.5, 0.6) is 5.75 Å². The molecule has 1 unspecified atom stereocenters. The van der Waals surface area contributed by atoms with Crippen molar-refractivity contribution >= 4 is 23.7 Å². The molecule has 28 heavy (non-hydrogen) atoms. The second-order valence-electron chi connectivity index (χ2n) is 6.29. The molecule has 1 atom stereocenters. The third-order valence-corrected chi connectivity index (χ3v) is 4.91. The van der Waals surface area contributed by atoms with Crippen LogP contribution in [-0.2, 0) is 0 Å². The van der Waals surface area contributed by atoms with Crippen LogP contribution in [0.4, 0.5) is 5.82 Å². The number of nitrogens with zero attached hydrogens (tertiary/aromatic N) is 1. The molecule has 1 aliphatic heterocycles. The minimum Gasteiger partial charge on any atom is -0.497 e. The number of hydrogen-bond acceptors (Lipinski definition) is 5. The molecule has 0 fully saturated rings. The molecule has 1 aromatic heterocycles. The van der Waals surface area contributed by atoms with Crippen LogP contribution < -0.4 is 15.6 Å². The molecule has 4 rings (SSSR count). The van der Waals surface area contributed by atoms with Crippen molar-refractivity contribution in [3.05, 3.63) is 92.0 Å². The summed E-state index contributed by atoms with van der Waals surface area (Å²) < 4.78 is 5.45. The highest BCUT2D eigenvalue weighted by molar-refractivity contribution is 7.71. The van der Waals surface area contributed by atoms with Crippen molar-refractivity contribution in [3.63, 3.8) is 0 Å². The lowest BCUT2D eigenvalue weighted by Gasteiger charge is -2.28. The molecule has 0 aliphatic carbocycles. The number of rotatable bonds is 3. The van der Waals surface area contributed by atoms with Crippen LogP contribution in [-0.4, -0.2) is 17.1 Å². The van der Waals surface area contributed by atoms with Gasteiger partial charge in [-0.25, -0.2) is 0 Å². The number of aromatic amines is 2. The van der Waals surface area contributed by atoms with Crippen molar-refractivity contribution in [2.45, 2.75) is 5.92 Å². The van der Waals surface area contributed by atoms with Gasteiger partial charge in [0, 0.05) is 0 Å². The lowest BCUT2D eigenvalue weighted by molar-refractivity contribution is 0.414. The fourth-order valence-electron chi connectivity index (χ4n) is 3.43. The maximum atomic E-state index is 12.8. The summed E-state index contributed by atoms with van der Waals surface area (Å²) in [6.45, 7) is 0. The van der Waals surface area contributed by atoms with Crippen molar-refractivity contribution in [3.8, 4) is 11.8 Å². The van der Waals surface area contributed by atoms with Crippen molar-refractivity contribution in [1.29, 1.82) is 5.26 Å². The molecule has 0 bridgehead atoms. The fraction of sp³-hybridized carbons (Fsp3) is 0.0952. The Labute approximate surface area is 166 Å². The van der Waals surface area contributed by atoms with Gasteiger partial charge >= 0.3 is 0 Å². The van der Waals surface area contributed by atoms with Gasteiger partial charge in [0.2, 0.25) is 0 Å². The second-order valence-corrected chi connectivity index (χ2v) is 6.70. The molecule has 0 saturated carbocycles. The Kier molecular flexibility index (Phi) is 4.55. The van der Waals surface area contributed by atoms with Crippen LogP contribution in [0, 0.1) is 16.1 Å². The van der Waals surface area contributed by atoms with Gasteiger partial charge < -0.3 is 15.0 Å². The monoisotopic (exact) mass is 388 g/mol. The van der Waals surface area contributed by atoms with Gasteiger partial charge in [-0.2, -0.15) is 5.26 Å². The van der Waals surface area contributed by atoms with E-state index in [2.05, 4.69) is 21.4 Å². The van der Waals surface area contributed by atoms with E-state index in [1.165, 1.54) is 0 Å². The molecule has 0 amide bonds. The fourth-order valence-corrected chi connectivity index (χ4v) is 3.63. The predicted octanol–water partition coefficient (Wildman–Crippen LogP) is 3.93. The lowest BCUT2D eigenvalue weighted by atomic mass is 9.81. The maximum absolute atomic E-state index is 12.8. The van der Waals surface area contributed by atoms with E-state index in [9.17, 15) is 10.1 Å². The van der Waals surface area contributed by atoms with Crippen LogP contribution >= 0.6 is 12.2 Å². The summed E-state index contributed by atoms with van der Waals surface area (Å²) in [4.78, 5) is 18.4. The SMILES string of the molecule is COc1ccc(C2C(C#N)=C(c3ccccc3)Nc3[nH]c(=S)[nH]c(=O)c32)cc1. The molecular weight excluding hydrogens is 372 g/mol. The first kappa shape index (κ1) is 17.8. The molecule has 2 heterocycles. The summed E-state index contributed by atoms with van der Waals surface area (Å²) in [6, 6.07) is 19.2. The Morgan fingerprint density at radius 3 is 2.43 bits per heavy atom. The average Bonchev–Trinajstić information content (AvgIpc) is 2.73. The van der Waals surface area contributed by atoms with Crippen molar-refractivity contribution < 1.29 is 4.74 Å². The second kappa shape index (κ2) is 7.18. The highest BCUT2D eigenvalue weighted by Crippen LogP contribution is 2.41. The first-order valence-electron chi connectivity index (χ1n) is 8.59. The summed E-state index contributed by atoms with van der Waals surface area (Å²) in [6.07, 6.45) is 0. The molecule has 1 aliphatic rings. The number of nitriles is 1. The Morgan fingerprint density at radius 1 is 1.07 bits per heavy atom. The molecular formula is C21H16N4O2S. The van der Waals surface area contributed by atoms with E-state index in [1.807, 2.05) is 54.6 Å². The number of methoxy groups -OCH3 is 1. The molecule has 0 saturated heterocycles. The van der Waals surface area contributed by atoms with Gasteiger partial charge in [0.05, 0.1) is 35.9 Å². The van der Waals surface area contributed by atoms with Gasteiger partial charge in [-0.15, -0.1) is 0 Å². The highest BCUT2D eigenvalue weighted by atomic mass is 32.1. The minimum atomic E-state index is -0.544. The Morgan fingerprint density at radius 2 is 1.79 bits per heavy atom. The van der Waals surface area contributed by atoms with Crippen molar-refractivity contribution in [2.75, 3.05) is 12.4 Å². The number of ether oxygens (including phenoxy) is 1. The molecule has 3 N–H and O–H groups in total. The van der Waals surface area contributed by atoms with Gasteiger partial charge in [0.15, 0.2) is 4.77 Å². The summed E-state index contributed by atoms with van der Waals surface area (Å²) in [5.41, 5.74) is 2.86. The number of fused-ring (bicyclic) bond motifs is 1. The topological polar surface area (TPSA) is 93.7 Å². The molecule has 138 valence electrons. The molecule has 0 radical (unpaired) electrons. The van der Waals surface area contributed by atoms with Gasteiger partial charge in [-0.3, -0.25) is 9.78 Å². The average molecular weight is 388 g/mol. The molecule has 7 heteroatoms. The largest absolute Gasteiger partial charge is 0.497 e. The number of benzene rings is 2. The summed E-state index contributed by atoms with van der Waals surface area (Å²) in [5.74, 6) is 0.649. The van der Waals surface area contributed by atoms with Crippen LogP contribution in [0.2, 0.25) is 0 Å². The van der Waals surface area contributed by atoms with Gasteiger partial charge in [0.1, 0.15) is 11.6 Å². The third kappa shape index (κ3) is 3.00. The van der Waals surface area contributed by atoms with E-state index in [0.717, 1.165) is 11.1 Å². The van der Waals surface area contributed by atoms with E-state index in [4.69, 9.17) is 17.0 Å². The number of aromatic nitrogens is 2. The van der Waals surface area contributed by atoms with E-state index in [0.29, 0.717) is 28.4 Å². The number of anilines is 1. The summed E-state index contributed by atoms with van der Waals surface area (Å²) >= 11 is 5.14. The molecule has 2 aromatic carbocycles.